The molecule has 0 unspecified atom stereocenters. The van der Waals surface area contributed by atoms with Crippen molar-refractivity contribution in [2.24, 2.45) is 5.92 Å². The van der Waals surface area contributed by atoms with E-state index in [-0.39, 0.29) is 6.04 Å². The lowest BCUT2D eigenvalue weighted by atomic mass is 9.86. The van der Waals surface area contributed by atoms with Crippen molar-refractivity contribution in [1.29, 1.82) is 0 Å². The number of hydrogen-bond acceptors (Lipinski definition) is 4. The van der Waals surface area contributed by atoms with Gasteiger partial charge in [0.05, 0.1) is 11.4 Å². The fourth-order valence-corrected chi connectivity index (χ4v) is 4.09. The van der Waals surface area contributed by atoms with Gasteiger partial charge in [-0.05, 0) is 25.7 Å². The number of nitrogens with zero attached hydrogens (tertiary/aromatic N) is 2. The molecule has 1 heterocycles. The van der Waals surface area contributed by atoms with E-state index in [1.165, 1.54) is 10.7 Å². The number of aromatic amines is 1. The quantitative estimate of drug-likeness (QED) is 0.802. The van der Waals surface area contributed by atoms with Crippen molar-refractivity contribution in [3.63, 3.8) is 0 Å². The molecule has 120 valence electrons. The third-order valence-electron chi connectivity index (χ3n) is 4.05. The minimum atomic E-state index is -3.48. The number of H-pyrrole nitrogens is 1. The van der Waals surface area contributed by atoms with E-state index in [1.54, 1.807) is 14.0 Å². The lowest BCUT2D eigenvalue weighted by molar-refractivity contribution is 0.263. The van der Waals surface area contributed by atoms with Gasteiger partial charge in [0.15, 0.2) is 0 Å². The van der Waals surface area contributed by atoms with Crippen molar-refractivity contribution in [2.75, 3.05) is 13.6 Å². The Bertz CT molecular complexity index is 576. The topological polar surface area (TPSA) is 78.1 Å². The van der Waals surface area contributed by atoms with Gasteiger partial charge in [-0.1, -0.05) is 20.3 Å². The van der Waals surface area contributed by atoms with Crippen LogP contribution in [-0.4, -0.2) is 42.6 Å². The van der Waals surface area contributed by atoms with Crippen LogP contribution in [-0.2, 0) is 16.6 Å². The highest BCUT2D eigenvalue weighted by atomic mass is 32.2. The fourth-order valence-electron chi connectivity index (χ4n) is 2.53. The highest BCUT2D eigenvalue weighted by Gasteiger charge is 2.31. The average Bonchev–Trinajstić information content (AvgIpc) is 2.72. The van der Waals surface area contributed by atoms with E-state index >= 15 is 0 Å². The van der Waals surface area contributed by atoms with Gasteiger partial charge in [-0.2, -0.15) is 5.10 Å². The van der Waals surface area contributed by atoms with Crippen LogP contribution in [0.5, 0.6) is 0 Å². The van der Waals surface area contributed by atoms with E-state index in [0.29, 0.717) is 35.3 Å². The van der Waals surface area contributed by atoms with Crippen molar-refractivity contribution in [3.05, 3.63) is 11.4 Å². The monoisotopic (exact) mass is 314 g/mol. The lowest BCUT2D eigenvalue weighted by Crippen LogP contribution is -2.35. The van der Waals surface area contributed by atoms with E-state index in [1.807, 2.05) is 13.8 Å². The molecule has 1 fully saturated rings. The maximum atomic E-state index is 12.8. The van der Waals surface area contributed by atoms with Crippen LogP contribution in [0.1, 0.15) is 44.5 Å². The average molecular weight is 314 g/mol. The van der Waals surface area contributed by atoms with Crippen LogP contribution in [0, 0.1) is 12.8 Å². The first-order chi connectivity index (χ1) is 9.82. The van der Waals surface area contributed by atoms with Gasteiger partial charge in [-0.3, -0.25) is 5.10 Å². The first kappa shape index (κ1) is 16.5. The summed E-state index contributed by atoms with van der Waals surface area (Å²) in [7, 11) is -1.81. The number of hydrogen-bond donors (Lipinski definition) is 2. The molecule has 2 rings (SSSR count). The molecule has 1 aliphatic rings. The summed E-state index contributed by atoms with van der Waals surface area (Å²) in [5.41, 5.74) is 1.18. The molecule has 0 amide bonds. The van der Waals surface area contributed by atoms with Crippen molar-refractivity contribution in [1.82, 2.24) is 19.8 Å². The normalized spacial score (nSPS) is 16.7. The van der Waals surface area contributed by atoms with Gasteiger partial charge < -0.3 is 5.32 Å². The first-order valence-corrected chi connectivity index (χ1v) is 9.00. The second-order valence-electron chi connectivity index (χ2n) is 6.24. The maximum absolute atomic E-state index is 12.8. The highest BCUT2D eigenvalue weighted by molar-refractivity contribution is 7.89. The second-order valence-corrected chi connectivity index (χ2v) is 8.22. The van der Waals surface area contributed by atoms with Crippen LogP contribution in [0.15, 0.2) is 4.90 Å². The van der Waals surface area contributed by atoms with Gasteiger partial charge in [0.25, 0.3) is 0 Å². The Morgan fingerprint density at radius 1 is 1.43 bits per heavy atom. The molecule has 0 aromatic carbocycles. The predicted molar refractivity (Wildman–Crippen MR) is 82.5 cm³/mol. The van der Waals surface area contributed by atoms with Gasteiger partial charge in [0.2, 0.25) is 10.0 Å². The molecule has 6 nitrogen and oxygen atoms in total. The third-order valence-corrected chi connectivity index (χ3v) is 6.07. The number of aromatic nitrogens is 2. The Kier molecular flexibility index (Phi) is 5.06. The summed E-state index contributed by atoms with van der Waals surface area (Å²) in [6.07, 6.45) is 3.48. The molecule has 1 aliphatic carbocycles. The van der Waals surface area contributed by atoms with Gasteiger partial charge in [0, 0.05) is 26.2 Å². The first-order valence-electron chi connectivity index (χ1n) is 7.56. The maximum Gasteiger partial charge on any atom is 0.246 e. The molecular weight excluding hydrogens is 288 g/mol. The van der Waals surface area contributed by atoms with Crippen LogP contribution in [0.4, 0.5) is 0 Å². The summed E-state index contributed by atoms with van der Waals surface area (Å²) < 4.78 is 27.1. The number of aryl methyl sites for hydroxylation is 1. The van der Waals surface area contributed by atoms with E-state index in [2.05, 4.69) is 15.5 Å². The number of nitrogens with one attached hydrogen (secondary N) is 2. The predicted octanol–water partition coefficient (Wildman–Crippen LogP) is 1.64. The van der Waals surface area contributed by atoms with E-state index in [4.69, 9.17) is 0 Å². The Balaban J connectivity index is 2.19. The SMILES string of the molecule is Cc1[nH]nc(CNC(C)C)c1S(=O)(=O)N(C)CC1CCC1. The van der Waals surface area contributed by atoms with Crippen molar-refractivity contribution in [3.8, 4) is 0 Å². The molecule has 1 aromatic heterocycles. The molecule has 1 saturated carbocycles. The number of rotatable bonds is 7. The molecule has 0 saturated heterocycles. The summed E-state index contributed by atoms with van der Waals surface area (Å²) in [6, 6.07) is 0.283. The minimum Gasteiger partial charge on any atom is -0.309 e. The van der Waals surface area contributed by atoms with Gasteiger partial charge in [-0.25, -0.2) is 12.7 Å². The molecule has 0 atom stereocenters. The van der Waals surface area contributed by atoms with Gasteiger partial charge in [-0.15, -0.1) is 0 Å². The molecule has 0 aliphatic heterocycles. The summed E-state index contributed by atoms with van der Waals surface area (Å²) >= 11 is 0. The van der Waals surface area contributed by atoms with Crippen molar-refractivity contribution < 1.29 is 8.42 Å². The van der Waals surface area contributed by atoms with Crippen molar-refractivity contribution >= 4 is 10.0 Å². The molecule has 1 aromatic rings. The van der Waals surface area contributed by atoms with E-state index in [0.717, 1.165) is 12.8 Å². The zero-order valence-corrected chi connectivity index (χ0v) is 14.1. The molecule has 0 spiro atoms. The van der Waals surface area contributed by atoms with Crippen LogP contribution < -0.4 is 5.32 Å². The molecule has 7 heteroatoms. The standard InChI is InChI=1S/C14H26N4O2S/c1-10(2)15-8-13-14(11(3)16-17-13)21(19,20)18(4)9-12-6-5-7-12/h10,12,15H,5-9H2,1-4H3,(H,16,17). The van der Waals surface area contributed by atoms with Gasteiger partial charge in [0.1, 0.15) is 4.90 Å². The van der Waals surface area contributed by atoms with Crippen molar-refractivity contribution in [2.45, 2.75) is 57.5 Å². The largest absolute Gasteiger partial charge is 0.309 e. The second kappa shape index (κ2) is 6.46. The number of sulfonamides is 1. The Morgan fingerprint density at radius 2 is 2.10 bits per heavy atom. The lowest BCUT2D eigenvalue weighted by Gasteiger charge is -2.29. The Labute approximate surface area is 127 Å². The van der Waals surface area contributed by atoms with Crippen LogP contribution in [0.3, 0.4) is 0 Å². The molecule has 2 N–H and O–H groups in total. The molecule has 0 radical (unpaired) electrons. The molecule has 0 bridgehead atoms. The zero-order valence-electron chi connectivity index (χ0n) is 13.3. The summed E-state index contributed by atoms with van der Waals surface area (Å²) in [4.78, 5) is 0.331. The van der Waals surface area contributed by atoms with Crippen LogP contribution in [0.2, 0.25) is 0 Å². The smallest absolute Gasteiger partial charge is 0.246 e. The van der Waals surface area contributed by atoms with Crippen LogP contribution in [0.25, 0.3) is 0 Å². The van der Waals surface area contributed by atoms with E-state index in [9.17, 15) is 8.42 Å². The van der Waals surface area contributed by atoms with E-state index < -0.39 is 10.0 Å². The third kappa shape index (κ3) is 3.64. The van der Waals surface area contributed by atoms with Gasteiger partial charge >= 0.3 is 0 Å². The fraction of sp³-hybridized carbons (Fsp3) is 0.786. The summed E-state index contributed by atoms with van der Waals surface area (Å²) in [5.74, 6) is 0.509. The summed E-state index contributed by atoms with van der Waals surface area (Å²) in [6.45, 7) is 6.86. The minimum absolute atomic E-state index is 0.283. The molecule has 21 heavy (non-hydrogen) atoms. The Morgan fingerprint density at radius 3 is 2.62 bits per heavy atom. The summed E-state index contributed by atoms with van der Waals surface area (Å²) in [5, 5.41) is 10.2. The zero-order chi connectivity index (χ0) is 15.6. The van der Waals surface area contributed by atoms with Crippen LogP contribution >= 0.6 is 0 Å². The Hall–Kier alpha value is -0.920. The highest BCUT2D eigenvalue weighted by Crippen LogP contribution is 2.29. The molecular formula is C14H26N4O2S.